The van der Waals surface area contributed by atoms with Crippen LogP contribution >= 0.6 is 11.6 Å². The zero-order chi connectivity index (χ0) is 22.7. The van der Waals surface area contributed by atoms with Gasteiger partial charge in [0.15, 0.2) is 0 Å². The van der Waals surface area contributed by atoms with Crippen molar-refractivity contribution in [3.63, 3.8) is 0 Å². The number of alkyl halides is 2. The van der Waals surface area contributed by atoms with Gasteiger partial charge >= 0.3 is 0 Å². The monoisotopic (exact) mass is 456 g/mol. The maximum absolute atomic E-state index is 13.4. The van der Waals surface area contributed by atoms with E-state index in [2.05, 4.69) is 20.6 Å². The van der Waals surface area contributed by atoms with Crippen LogP contribution in [0.5, 0.6) is 0 Å². The van der Waals surface area contributed by atoms with Crippen molar-refractivity contribution in [3.8, 4) is 11.1 Å². The highest BCUT2D eigenvalue weighted by molar-refractivity contribution is 6.33. The summed E-state index contributed by atoms with van der Waals surface area (Å²) in [6, 6.07) is 11.9. The Labute approximate surface area is 188 Å². The van der Waals surface area contributed by atoms with Crippen molar-refractivity contribution >= 4 is 34.9 Å². The van der Waals surface area contributed by atoms with E-state index in [1.165, 1.54) is 24.5 Å². The van der Waals surface area contributed by atoms with E-state index in [9.17, 15) is 18.4 Å². The molecule has 1 fully saturated rings. The van der Waals surface area contributed by atoms with Crippen LogP contribution < -0.4 is 10.6 Å². The summed E-state index contributed by atoms with van der Waals surface area (Å²) in [7, 11) is 0. The third-order valence-corrected chi connectivity index (χ3v) is 5.56. The first-order valence-corrected chi connectivity index (χ1v) is 10.3. The fourth-order valence-electron chi connectivity index (χ4n) is 3.60. The topological polar surface area (TPSA) is 84.0 Å². The van der Waals surface area contributed by atoms with Gasteiger partial charge in [-0.1, -0.05) is 29.8 Å². The minimum absolute atomic E-state index is 0.119. The number of halogens is 3. The average Bonchev–Trinajstić information content (AvgIpc) is 3.14. The van der Waals surface area contributed by atoms with Crippen molar-refractivity contribution in [2.75, 3.05) is 10.6 Å². The molecule has 2 N–H and O–H groups in total. The Balaban J connectivity index is 1.45. The number of hydrogen-bond donors (Lipinski definition) is 2. The Kier molecular flexibility index (Phi) is 6.14. The number of amides is 2. The average molecular weight is 457 g/mol. The summed E-state index contributed by atoms with van der Waals surface area (Å²) in [4.78, 5) is 33.1. The fraction of sp³-hybridized carbons (Fsp3) is 0.217. The zero-order valence-corrected chi connectivity index (χ0v) is 17.6. The number of hydrogen-bond acceptors (Lipinski definition) is 4. The van der Waals surface area contributed by atoms with E-state index in [1.807, 2.05) is 18.2 Å². The van der Waals surface area contributed by atoms with Gasteiger partial charge < -0.3 is 10.6 Å². The third-order valence-electron chi connectivity index (χ3n) is 5.23. The summed E-state index contributed by atoms with van der Waals surface area (Å²) in [5, 5.41) is 5.84. The number of carbonyl (C=O) groups excluding carboxylic acids is 2. The smallest absolute Gasteiger partial charge is 0.255 e. The second-order valence-electron chi connectivity index (χ2n) is 7.61. The minimum atomic E-state index is -2.82. The lowest BCUT2D eigenvalue weighted by molar-refractivity contribution is -0.120. The standard InChI is InChI=1S/C23H19ClF2N4O2/c24-19-4-2-1-3-18(19)16-9-17(13-27-12-16)29-21(31)14-6-8-28-20(10-14)30-22(32)15-5-7-23(25,26)11-15/h1-4,6,8-10,12-13,15H,5,7,11H2,(H,29,31)(H,28,30,32). The molecule has 1 aromatic carbocycles. The summed E-state index contributed by atoms with van der Waals surface area (Å²) >= 11 is 6.24. The Hall–Kier alpha value is -3.39. The quantitative estimate of drug-likeness (QED) is 0.536. The summed E-state index contributed by atoms with van der Waals surface area (Å²) in [5.74, 6) is -4.43. The summed E-state index contributed by atoms with van der Waals surface area (Å²) in [6.07, 6.45) is 3.85. The number of nitrogens with one attached hydrogen (secondary N) is 2. The van der Waals surface area contributed by atoms with E-state index in [4.69, 9.17) is 11.6 Å². The Morgan fingerprint density at radius 2 is 1.91 bits per heavy atom. The molecule has 0 saturated heterocycles. The van der Waals surface area contributed by atoms with Gasteiger partial charge in [-0.05, 0) is 30.7 Å². The number of aromatic nitrogens is 2. The maximum atomic E-state index is 13.4. The highest BCUT2D eigenvalue weighted by Crippen LogP contribution is 2.39. The molecule has 1 aliphatic carbocycles. The predicted octanol–water partition coefficient (Wildman–Crippen LogP) is 5.42. The molecule has 1 saturated carbocycles. The molecule has 164 valence electrons. The van der Waals surface area contributed by atoms with Crippen LogP contribution in [0.1, 0.15) is 29.6 Å². The predicted molar refractivity (Wildman–Crippen MR) is 118 cm³/mol. The minimum Gasteiger partial charge on any atom is -0.321 e. The number of rotatable bonds is 5. The van der Waals surface area contributed by atoms with E-state index < -0.39 is 30.1 Å². The van der Waals surface area contributed by atoms with Gasteiger partial charge in [0, 0.05) is 52.9 Å². The van der Waals surface area contributed by atoms with E-state index >= 15 is 0 Å². The van der Waals surface area contributed by atoms with Crippen molar-refractivity contribution in [1.29, 1.82) is 0 Å². The molecule has 2 amide bonds. The van der Waals surface area contributed by atoms with Crippen LogP contribution in [0.4, 0.5) is 20.3 Å². The Morgan fingerprint density at radius 1 is 1.09 bits per heavy atom. The van der Waals surface area contributed by atoms with Gasteiger partial charge in [0.2, 0.25) is 11.8 Å². The molecule has 4 rings (SSSR count). The van der Waals surface area contributed by atoms with Crippen molar-refractivity contribution in [1.82, 2.24) is 9.97 Å². The van der Waals surface area contributed by atoms with Gasteiger partial charge in [-0.3, -0.25) is 14.6 Å². The highest BCUT2D eigenvalue weighted by atomic mass is 35.5. The van der Waals surface area contributed by atoms with Gasteiger partial charge in [0.25, 0.3) is 5.91 Å². The third kappa shape index (κ3) is 5.08. The van der Waals surface area contributed by atoms with Crippen LogP contribution in [0.2, 0.25) is 5.02 Å². The van der Waals surface area contributed by atoms with Crippen LogP contribution in [0, 0.1) is 5.92 Å². The number of nitrogens with zero attached hydrogens (tertiary/aromatic N) is 2. The van der Waals surface area contributed by atoms with Crippen molar-refractivity contribution < 1.29 is 18.4 Å². The largest absolute Gasteiger partial charge is 0.321 e. The van der Waals surface area contributed by atoms with Gasteiger partial charge in [-0.15, -0.1) is 0 Å². The van der Waals surface area contributed by atoms with Crippen LogP contribution in [0.3, 0.4) is 0 Å². The van der Waals surface area contributed by atoms with Gasteiger partial charge in [0.1, 0.15) is 5.82 Å². The van der Waals surface area contributed by atoms with E-state index in [0.717, 1.165) is 11.1 Å². The lowest BCUT2D eigenvalue weighted by Gasteiger charge is -2.12. The molecule has 9 heteroatoms. The maximum Gasteiger partial charge on any atom is 0.255 e. The number of anilines is 2. The highest BCUT2D eigenvalue weighted by Gasteiger charge is 2.42. The van der Waals surface area contributed by atoms with E-state index in [0.29, 0.717) is 10.7 Å². The first-order chi connectivity index (χ1) is 15.3. The Bertz CT molecular complexity index is 1170. The molecule has 1 unspecified atom stereocenters. The fourth-order valence-corrected chi connectivity index (χ4v) is 3.84. The number of benzene rings is 1. The van der Waals surface area contributed by atoms with E-state index in [-0.39, 0.29) is 24.2 Å². The molecule has 6 nitrogen and oxygen atoms in total. The van der Waals surface area contributed by atoms with E-state index in [1.54, 1.807) is 18.3 Å². The van der Waals surface area contributed by atoms with Crippen molar-refractivity contribution in [2.24, 2.45) is 5.92 Å². The summed E-state index contributed by atoms with van der Waals surface area (Å²) in [5.41, 5.74) is 2.23. The van der Waals surface area contributed by atoms with Crippen LogP contribution in [0.15, 0.2) is 61.1 Å². The molecule has 0 radical (unpaired) electrons. The van der Waals surface area contributed by atoms with Crippen LogP contribution in [-0.4, -0.2) is 27.7 Å². The lowest BCUT2D eigenvalue weighted by Crippen LogP contribution is -2.23. The summed E-state index contributed by atoms with van der Waals surface area (Å²) < 4.78 is 26.7. The molecule has 1 atom stereocenters. The molecule has 0 bridgehead atoms. The molecule has 1 aliphatic rings. The molecule has 2 aromatic heterocycles. The first kappa shape index (κ1) is 21.8. The molecule has 2 heterocycles. The number of carbonyl (C=O) groups is 2. The van der Waals surface area contributed by atoms with Crippen LogP contribution in [-0.2, 0) is 4.79 Å². The molecule has 0 spiro atoms. The van der Waals surface area contributed by atoms with Gasteiger partial charge in [-0.25, -0.2) is 13.8 Å². The van der Waals surface area contributed by atoms with Gasteiger partial charge in [-0.2, -0.15) is 0 Å². The molecule has 0 aliphatic heterocycles. The summed E-state index contributed by atoms with van der Waals surface area (Å²) in [6.45, 7) is 0. The molecular formula is C23H19ClF2N4O2. The van der Waals surface area contributed by atoms with Crippen molar-refractivity contribution in [3.05, 3.63) is 71.6 Å². The number of pyridine rings is 2. The Morgan fingerprint density at radius 3 is 2.66 bits per heavy atom. The second kappa shape index (κ2) is 9.00. The normalized spacial score (nSPS) is 17.0. The second-order valence-corrected chi connectivity index (χ2v) is 8.02. The van der Waals surface area contributed by atoms with Gasteiger partial charge in [0.05, 0.1) is 11.9 Å². The van der Waals surface area contributed by atoms with Crippen molar-refractivity contribution in [2.45, 2.75) is 25.2 Å². The lowest BCUT2D eigenvalue weighted by atomic mass is 10.1. The molecule has 32 heavy (non-hydrogen) atoms. The first-order valence-electron chi connectivity index (χ1n) is 9.97. The molecule has 3 aromatic rings. The van der Waals surface area contributed by atoms with Crippen LogP contribution in [0.25, 0.3) is 11.1 Å². The molecular weight excluding hydrogens is 438 g/mol. The SMILES string of the molecule is O=C(Nc1cncc(-c2ccccc2Cl)c1)c1ccnc(NC(=O)C2CCC(F)(F)C2)c1. The zero-order valence-electron chi connectivity index (χ0n) is 16.8.